The second kappa shape index (κ2) is 8.34. The average molecular weight is 322 g/mol. The normalized spacial score (nSPS) is 28.4. The molecule has 2 rings (SSSR count). The van der Waals surface area contributed by atoms with Crippen LogP contribution < -0.4 is 5.32 Å². The first-order valence-electron chi connectivity index (χ1n) is 9.34. The maximum atomic E-state index is 6.11. The Hall–Kier alpha value is -0.800. The average Bonchev–Trinajstić information content (AvgIpc) is 3.03. The van der Waals surface area contributed by atoms with Gasteiger partial charge in [0.1, 0.15) is 5.76 Å². The summed E-state index contributed by atoms with van der Waals surface area (Å²) in [7, 11) is 0. The minimum Gasteiger partial charge on any atom is -0.468 e. The summed E-state index contributed by atoms with van der Waals surface area (Å²) in [5.41, 5.74) is 0.500. The SMILES string of the molecule is CC[C@@]1(C)C[C@@](CCNCc2ccco2)(CCC(C)C)CCO1. The Bertz CT molecular complexity index is 443. The highest BCUT2D eigenvalue weighted by atomic mass is 16.5. The van der Waals surface area contributed by atoms with Gasteiger partial charge in [0.15, 0.2) is 0 Å². The van der Waals surface area contributed by atoms with Crippen molar-refractivity contribution in [2.24, 2.45) is 11.3 Å². The first-order valence-corrected chi connectivity index (χ1v) is 9.34. The number of hydrogen-bond acceptors (Lipinski definition) is 3. The number of furan rings is 1. The Morgan fingerprint density at radius 3 is 2.78 bits per heavy atom. The van der Waals surface area contributed by atoms with E-state index >= 15 is 0 Å². The van der Waals surface area contributed by atoms with E-state index in [-0.39, 0.29) is 5.60 Å². The van der Waals surface area contributed by atoms with E-state index in [1.54, 1.807) is 6.26 Å². The summed E-state index contributed by atoms with van der Waals surface area (Å²) < 4.78 is 11.5. The summed E-state index contributed by atoms with van der Waals surface area (Å²) in [5, 5.41) is 3.56. The second-order valence-corrected chi connectivity index (χ2v) is 8.02. The van der Waals surface area contributed by atoms with Gasteiger partial charge in [-0.2, -0.15) is 0 Å². The third kappa shape index (κ3) is 5.65. The van der Waals surface area contributed by atoms with E-state index in [4.69, 9.17) is 9.15 Å². The topological polar surface area (TPSA) is 34.4 Å². The summed E-state index contributed by atoms with van der Waals surface area (Å²) in [6, 6.07) is 3.98. The minimum atomic E-state index is 0.0657. The monoisotopic (exact) mass is 321 g/mol. The van der Waals surface area contributed by atoms with Crippen molar-refractivity contribution in [1.82, 2.24) is 5.32 Å². The standard InChI is InChI=1S/C20H35NO2/c1-5-19(4)16-20(11-14-23-19,9-8-17(2)3)10-12-21-15-18-7-6-13-22-18/h6-7,13,17,21H,5,8-12,14-16H2,1-4H3/t19-,20+/m0/s1. The van der Waals surface area contributed by atoms with E-state index in [2.05, 4.69) is 33.0 Å². The lowest BCUT2D eigenvalue weighted by Crippen LogP contribution is -2.44. The van der Waals surface area contributed by atoms with E-state index in [1.807, 2.05) is 12.1 Å². The summed E-state index contributed by atoms with van der Waals surface area (Å²) in [4.78, 5) is 0. The van der Waals surface area contributed by atoms with Gasteiger partial charge in [-0.15, -0.1) is 0 Å². The predicted octanol–water partition coefficient (Wildman–Crippen LogP) is 5.16. The molecule has 2 atom stereocenters. The summed E-state index contributed by atoms with van der Waals surface area (Å²) in [6.45, 7) is 12.0. The molecule has 0 unspecified atom stereocenters. The molecule has 1 aromatic rings. The molecule has 1 aliphatic heterocycles. The lowest BCUT2D eigenvalue weighted by Gasteiger charge is -2.47. The Balaban J connectivity index is 1.90. The molecule has 3 nitrogen and oxygen atoms in total. The molecule has 23 heavy (non-hydrogen) atoms. The number of nitrogens with one attached hydrogen (secondary N) is 1. The van der Waals surface area contributed by atoms with Crippen molar-refractivity contribution in [3.8, 4) is 0 Å². The van der Waals surface area contributed by atoms with Gasteiger partial charge >= 0.3 is 0 Å². The van der Waals surface area contributed by atoms with Crippen LogP contribution in [0.1, 0.15) is 72.0 Å². The molecule has 1 saturated heterocycles. The second-order valence-electron chi connectivity index (χ2n) is 8.02. The van der Waals surface area contributed by atoms with Gasteiger partial charge in [0.25, 0.3) is 0 Å². The van der Waals surface area contributed by atoms with Crippen LogP contribution in [0.25, 0.3) is 0 Å². The smallest absolute Gasteiger partial charge is 0.117 e. The van der Waals surface area contributed by atoms with Crippen LogP contribution in [0.3, 0.4) is 0 Å². The van der Waals surface area contributed by atoms with Crippen molar-refractivity contribution in [2.45, 2.75) is 78.4 Å². The summed E-state index contributed by atoms with van der Waals surface area (Å²) in [5.74, 6) is 1.80. The molecule has 1 fully saturated rings. The van der Waals surface area contributed by atoms with Crippen molar-refractivity contribution < 1.29 is 9.15 Å². The number of rotatable bonds is 9. The van der Waals surface area contributed by atoms with Crippen LogP contribution in [0.15, 0.2) is 22.8 Å². The molecule has 1 N–H and O–H groups in total. The largest absolute Gasteiger partial charge is 0.468 e. The van der Waals surface area contributed by atoms with E-state index in [1.165, 1.54) is 32.1 Å². The molecule has 0 amide bonds. The lowest BCUT2D eigenvalue weighted by atomic mass is 9.67. The molecular formula is C20H35NO2. The van der Waals surface area contributed by atoms with Crippen molar-refractivity contribution in [3.05, 3.63) is 24.2 Å². The van der Waals surface area contributed by atoms with Crippen LogP contribution in [0, 0.1) is 11.3 Å². The van der Waals surface area contributed by atoms with Gasteiger partial charge in [0.05, 0.1) is 18.4 Å². The van der Waals surface area contributed by atoms with Gasteiger partial charge in [0, 0.05) is 6.61 Å². The summed E-state index contributed by atoms with van der Waals surface area (Å²) in [6.07, 6.45) is 9.13. The number of ether oxygens (including phenoxy) is 1. The van der Waals surface area contributed by atoms with Crippen molar-refractivity contribution in [1.29, 1.82) is 0 Å². The zero-order valence-electron chi connectivity index (χ0n) is 15.5. The molecule has 0 aromatic carbocycles. The molecule has 1 aromatic heterocycles. The molecule has 1 aliphatic rings. The molecule has 132 valence electrons. The molecule has 0 saturated carbocycles. The Morgan fingerprint density at radius 2 is 2.13 bits per heavy atom. The van der Waals surface area contributed by atoms with Gasteiger partial charge in [-0.1, -0.05) is 27.2 Å². The van der Waals surface area contributed by atoms with Crippen molar-refractivity contribution in [3.63, 3.8) is 0 Å². The van der Waals surface area contributed by atoms with E-state index in [0.29, 0.717) is 5.41 Å². The summed E-state index contributed by atoms with van der Waals surface area (Å²) >= 11 is 0. The van der Waals surface area contributed by atoms with Crippen LogP contribution in [-0.2, 0) is 11.3 Å². The molecule has 0 bridgehead atoms. The van der Waals surface area contributed by atoms with Crippen molar-refractivity contribution >= 4 is 0 Å². The first-order chi connectivity index (χ1) is 11.0. The molecule has 0 spiro atoms. The van der Waals surface area contributed by atoms with Gasteiger partial charge in [-0.3, -0.25) is 0 Å². The highest BCUT2D eigenvalue weighted by Gasteiger charge is 2.41. The fourth-order valence-electron chi connectivity index (χ4n) is 3.80. The quantitative estimate of drug-likeness (QED) is 0.638. The molecule has 2 heterocycles. The van der Waals surface area contributed by atoms with Crippen LogP contribution >= 0.6 is 0 Å². The zero-order chi connectivity index (χ0) is 16.8. The fourth-order valence-corrected chi connectivity index (χ4v) is 3.80. The van der Waals surface area contributed by atoms with E-state index < -0.39 is 0 Å². The first kappa shape index (κ1) is 18.5. The van der Waals surface area contributed by atoms with Crippen molar-refractivity contribution in [2.75, 3.05) is 13.2 Å². The minimum absolute atomic E-state index is 0.0657. The molecule has 3 heteroatoms. The predicted molar refractivity (Wildman–Crippen MR) is 95.4 cm³/mol. The molecule has 0 aliphatic carbocycles. The van der Waals surface area contributed by atoms with E-state index in [0.717, 1.165) is 37.8 Å². The van der Waals surface area contributed by atoms with Gasteiger partial charge in [-0.25, -0.2) is 0 Å². The Morgan fingerprint density at radius 1 is 1.30 bits per heavy atom. The molecular weight excluding hydrogens is 286 g/mol. The zero-order valence-corrected chi connectivity index (χ0v) is 15.5. The third-order valence-corrected chi connectivity index (χ3v) is 5.54. The van der Waals surface area contributed by atoms with Gasteiger partial charge < -0.3 is 14.5 Å². The van der Waals surface area contributed by atoms with Crippen LogP contribution in [0.5, 0.6) is 0 Å². The number of hydrogen-bond donors (Lipinski definition) is 1. The van der Waals surface area contributed by atoms with E-state index in [9.17, 15) is 0 Å². The van der Waals surface area contributed by atoms with Crippen LogP contribution in [0.4, 0.5) is 0 Å². The Kier molecular flexibility index (Phi) is 6.72. The highest BCUT2D eigenvalue weighted by Crippen LogP contribution is 2.46. The van der Waals surface area contributed by atoms with Crippen LogP contribution in [-0.4, -0.2) is 18.8 Å². The van der Waals surface area contributed by atoms with Crippen LogP contribution in [0.2, 0.25) is 0 Å². The molecule has 0 radical (unpaired) electrons. The Labute approximate surface area is 142 Å². The van der Waals surface area contributed by atoms with Gasteiger partial charge in [0.2, 0.25) is 0 Å². The fraction of sp³-hybridized carbons (Fsp3) is 0.800. The third-order valence-electron chi connectivity index (χ3n) is 5.54. The van der Waals surface area contributed by atoms with Gasteiger partial charge in [-0.05, 0) is 69.0 Å². The lowest BCUT2D eigenvalue weighted by molar-refractivity contribution is -0.123. The maximum absolute atomic E-state index is 6.11. The highest BCUT2D eigenvalue weighted by molar-refractivity contribution is 4.97. The maximum Gasteiger partial charge on any atom is 0.117 e.